The molecular weight excluding hydrogens is 267 g/mol. The zero-order chi connectivity index (χ0) is 14.5. The Labute approximate surface area is 112 Å². The zero-order valence-corrected chi connectivity index (χ0v) is 10.5. The maximum atomic E-state index is 12.8. The number of hydrogen-bond donors (Lipinski definition) is 0. The molecule has 2 nitrogen and oxygen atoms in total. The van der Waals surface area contributed by atoms with E-state index in [0.717, 1.165) is 17.5 Å². The van der Waals surface area contributed by atoms with Gasteiger partial charge in [-0.1, -0.05) is 24.3 Å². The van der Waals surface area contributed by atoms with Gasteiger partial charge in [-0.2, -0.15) is 13.2 Å². The van der Waals surface area contributed by atoms with Crippen molar-refractivity contribution in [2.24, 2.45) is 7.05 Å². The number of fused-ring (bicyclic) bond motifs is 3. The van der Waals surface area contributed by atoms with Crippen LogP contribution in [0.25, 0.3) is 21.7 Å². The van der Waals surface area contributed by atoms with E-state index in [0.29, 0.717) is 10.9 Å². The number of pyridine rings is 1. The van der Waals surface area contributed by atoms with E-state index < -0.39 is 17.3 Å². The second-order valence-corrected chi connectivity index (χ2v) is 4.64. The molecule has 0 N–H and O–H groups in total. The Morgan fingerprint density at radius 2 is 1.65 bits per heavy atom. The molecule has 102 valence electrons. The minimum absolute atomic E-state index is 0.0843. The van der Waals surface area contributed by atoms with E-state index in [9.17, 15) is 18.0 Å². The molecule has 1 heterocycles. The standard InChI is InChI=1S/C15H10F3NO/c1-19-13-5-3-2-4-11(13)10-7-6-9(15(16,17)18)8-12(10)14(19)20/h2-8H,1H3. The van der Waals surface area contributed by atoms with Gasteiger partial charge in [0.1, 0.15) is 0 Å². The fourth-order valence-electron chi connectivity index (χ4n) is 2.42. The van der Waals surface area contributed by atoms with Crippen molar-refractivity contribution in [2.45, 2.75) is 6.18 Å². The summed E-state index contributed by atoms with van der Waals surface area (Å²) in [6.45, 7) is 0. The summed E-state index contributed by atoms with van der Waals surface area (Å²) in [5.74, 6) is 0. The average Bonchev–Trinajstić information content (AvgIpc) is 2.43. The van der Waals surface area contributed by atoms with Crippen LogP contribution in [0.4, 0.5) is 13.2 Å². The maximum Gasteiger partial charge on any atom is 0.416 e. The highest BCUT2D eigenvalue weighted by atomic mass is 19.4. The van der Waals surface area contributed by atoms with E-state index in [2.05, 4.69) is 0 Å². The predicted molar refractivity (Wildman–Crippen MR) is 71.7 cm³/mol. The highest BCUT2D eigenvalue weighted by Gasteiger charge is 2.30. The summed E-state index contributed by atoms with van der Waals surface area (Å²) in [5, 5.41) is 1.39. The number of halogens is 3. The lowest BCUT2D eigenvalue weighted by molar-refractivity contribution is -0.137. The molecule has 5 heteroatoms. The van der Waals surface area contributed by atoms with Crippen LogP contribution in [0.1, 0.15) is 5.56 Å². The topological polar surface area (TPSA) is 22.0 Å². The molecule has 0 unspecified atom stereocenters. The van der Waals surface area contributed by atoms with Crippen molar-refractivity contribution in [3.63, 3.8) is 0 Å². The molecule has 3 rings (SSSR count). The van der Waals surface area contributed by atoms with Crippen molar-refractivity contribution in [1.82, 2.24) is 4.57 Å². The first-order chi connectivity index (χ1) is 9.39. The molecule has 0 saturated heterocycles. The van der Waals surface area contributed by atoms with E-state index >= 15 is 0 Å². The van der Waals surface area contributed by atoms with Crippen LogP contribution in [0, 0.1) is 0 Å². The Morgan fingerprint density at radius 1 is 0.950 bits per heavy atom. The summed E-state index contributed by atoms with van der Waals surface area (Å²) >= 11 is 0. The van der Waals surface area contributed by atoms with Gasteiger partial charge in [-0.25, -0.2) is 0 Å². The first-order valence-corrected chi connectivity index (χ1v) is 5.98. The van der Waals surface area contributed by atoms with Crippen LogP contribution in [0.3, 0.4) is 0 Å². The highest BCUT2D eigenvalue weighted by molar-refractivity contribution is 6.05. The minimum Gasteiger partial charge on any atom is -0.311 e. The van der Waals surface area contributed by atoms with Crippen molar-refractivity contribution >= 4 is 21.7 Å². The summed E-state index contributed by atoms with van der Waals surface area (Å²) < 4.78 is 39.6. The normalized spacial score (nSPS) is 12.2. The second kappa shape index (κ2) is 4.10. The average molecular weight is 277 g/mol. The number of hydrogen-bond acceptors (Lipinski definition) is 1. The Kier molecular flexibility index (Phi) is 2.61. The smallest absolute Gasteiger partial charge is 0.311 e. The number of aromatic nitrogens is 1. The molecule has 3 aromatic rings. The zero-order valence-electron chi connectivity index (χ0n) is 10.5. The van der Waals surface area contributed by atoms with Crippen molar-refractivity contribution < 1.29 is 13.2 Å². The van der Waals surface area contributed by atoms with Crippen molar-refractivity contribution in [1.29, 1.82) is 0 Å². The van der Waals surface area contributed by atoms with Gasteiger partial charge in [0.05, 0.1) is 11.1 Å². The molecule has 0 bridgehead atoms. The number of alkyl halides is 3. The summed E-state index contributed by atoms with van der Waals surface area (Å²) in [6.07, 6.45) is -4.45. The van der Waals surface area contributed by atoms with Crippen molar-refractivity contribution in [2.75, 3.05) is 0 Å². The molecule has 0 aliphatic rings. The molecule has 0 fully saturated rings. The Morgan fingerprint density at radius 3 is 2.35 bits per heavy atom. The number of para-hydroxylation sites is 1. The van der Waals surface area contributed by atoms with Gasteiger partial charge in [-0.15, -0.1) is 0 Å². The monoisotopic (exact) mass is 277 g/mol. The number of aryl methyl sites for hydroxylation is 1. The molecule has 2 aromatic carbocycles. The van der Waals surface area contributed by atoms with Gasteiger partial charge in [0, 0.05) is 17.8 Å². The molecule has 0 spiro atoms. The highest BCUT2D eigenvalue weighted by Crippen LogP contribution is 2.32. The van der Waals surface area contributed by atoms with Crippen LogP contribution in [0.2, 0.25) is 0 Å². The Bertz CT molecular complexity index is 878. The third-order valence-corrected chi connectivity index (χ3v) is 3.44. The molecule has 0 radical (unpaired) electrons. The molecule has 20 heavy (non-hydrogen) atoms. The lowest BCUT2D eigenvalue weighted by Crippen LogP contribution is -2.18. The lowest BCUT2D eigenvalue weighted by Gasteiger charge is -2.11. The quantitative estimate of drug-likeness (QED) is 0.574. The lowest BCUT2D eigenvalue weighted by atomic mass is 10.0. The predicted octanol–water partition coefficient (Wildman–Crippen LogP) is 3.71. The Balaban J connectivity index is 2.52. The fraction of sp³-hybridized carbons (Fsp3) is 0.133. The summed E-state index contributed by atoms with van der Waals surface area (Å²) in [6, 6.07) is 10.4. The largest absolute Gasteiger partial charge is 0.416 e. The van der Waals surface area contributed by atoms with Gasteiger partial charge < -0.3 is 4.57 Å². The van der Waals surface area contributed by atoms with Crippen molar-refractivity contribution in [3.05, 3.63) is 58.4 Å². The van der Waals surface area contributed by atoms with E-state index in [1.54, 1.807) is 31.3 Å². The number of rotatable bonds is 0. The third kappa shape index (κ3) is 1.78. The second-order valence-electron chi connectivity index (χ2n) is 4.64. The first kappa shape index (κ1) is 12.7. The van der Waals surface area contributed by atoms with Crippen LogP contribution in [0.5, 0.6) is 0 Å². The summed E-state index contributed by atoms with van der Waals surface area (Å²) in [7, 11) is 1.56. The maximum absolute atomic E-state index is 12.8. The van der Waals surface area contributed by atoms with E-state index in [1.165, 1.54) is 10.6 Å². The third-order valence-electron chi connectivity index (χ3n) is 3.44. The number of benzene rings is 2. The van der Waals surface area contributed by atoms with Crippen LogP contribution >= 0.6 is 0 Å². The summed E-state index contributed by atoms with van der Waals surface area (Å²) in [5.41, 5.74) is -0.535. The minimum atomic E-state index is -4.45. The van der Waals surface area contributed by atoms with Crippen molar-refractivity contribution in [3.8, 4) is 0 Å². The van der Waals surface area contributed by atoms with Gasteiger partial charge in [0.2, 0.25) is 0 Å². The van der Waals surface area contributed by atoms with Gasteiger partial charge in [-0.3, -0.25) is 4.79 Å². The van der Waals surface area contributed by atoms with Crippen LogP contribution in [-0.2, 0) is 13.2 Å². The van der Waals surface area contributed by atoms with Crippen LogP contribution in [0.15, 0.2) is 47.3 Å². The van der Waals surface area contributed by atoms with E-state index in [-0.39, 0.29) is 5.39 Å². The summed E-state index contributed by atoms with van der Waals surface area (Å²) in [4.78, 5) is 12.2. The van der Waals surface area contributed by atoms with Crippen LogP contribution in [-0.4, -0.2) is 4.57 Å². The van der Waals surface area contributed by atoms with Gasteiger partial charge in [0.25, 0.3) is 5.56 Å². The SMILES string of the molecule is Cn1c(=O)c2cc(C(F)(F)F)ccc2c2ccccc21. The molecule has 0 amide bonds. The van der Waals surface area contributed by atoms with Gasteiger partial charge in [0.15, 0.2) is 0 Å². The molecule has 1 aromatic heterocycles. The molecular formula is C15H10F3NO. The molecule has 0 saturated carbocycles. The molecule has 0 atom stereocenters. The molecule has 0 aliphatic carbocycles. The van der Waals surface area contributed by atoms with E-state index in [1.807, 2.05) is 0 Å². The van der Waals surface area contributed by atoms with E-state index in [4.69, 9.17) is 0 Å². The fourth-order valence-corrected chi connectivity index (χ4v) is 2.42. The first-order valence-electron chi connectivity index (χ1n) is 5.98. The molecule has 0 aliphatic heterocycles. The number of nitrogens with zero attached hydrogens (tertiary/aromatic N) is 1. The van der Waals surface area contributed by atoms with Gasteiger partial charge in [-0.05, 0) is 23.6 Å². The van der Waals surface area contributed by atoms with Crippen LogP contribution < -0.4 is 5.56 Å². The van der Waals surface area contributed by atoms with Gasteiger partial charge >= 0.3 is 6.18 Å². The Hall–Kier alpha value is -2.30.